The molecule has 0 aromatic heterocycles. The van der Waals surface area contributed by atoms with E-state index in [4.69, 9.17) is 9.47 Å². The number of carbonyl (C=O) groups excluding carboxylic acids is 1. The van der Waals surface area contributed by atoms with Gasteiger partial charge in [0.05, 0.1) is 13.2 Å². The maximum Gasteiger partial charge on any atom is 0.306 e. The van der Waals surface area contributed by atoms with E-state index in [2.05, 4.69) is 148 Å². The van der Waals surface area contributed by atoms with Crippen LogP contribution in [0.3, 0.4) is 0 Å². The summed E-state index contributed by atoms with van der Waals surface area (Å²) in [7, 11) is 0. The Kier molecular flexibility index (Phi) is 45.7. The maximum absolute atomic E-state index is 12.2. The zero-order chi connectivity index (χ0) is 41.2. The molecule has 0 rings (SSSR count). The van der Waals surface area contributed by atoms with Gasteiger partial charge in [0.2, 0.25) is 0 Å². The molecule has 0 aliphatic heterocycles. The number of ether oxygens (including phenoxy) is 2. The predicted octanol–water partition coefficient (Wildman–Crippen LogP) is 15.4. The Morgan fingerprint density at radius 2 is 0.737 bits per heavy atom. The summed E-state index contributed by atoms with van der Waals surface area (Å²) < 4.78 is 11.1. The summed E-state index contributed by atoms with van der Waals surface area (Å²) in [5.74, 6) is -0.231. The van der Waals surface area contributed by atoms with Crippen LogP contribution in [-0.4, -0.2) is 37.0 Å². The summed E-state index contributed by atoms with van der Waals surface area (Å²) in [6.45, 7) is 5.02. The Balaban J connectivity index is 3.60. The van der Waals surface area contributed by atoms with Gasteiger partial charge in [-0.05, 0) is 109 Å². The largest absolute Gasteiger partial charge is 0.457 e. The third-order valence-corrected chi connectivity index (χ3v) is 8.97. The van der Waals surface area contributed by atoms with Crippen molar-refractivity contribution in [2.45, 2.75) is 174 Å². The smallest absolute Gasteiger partial charge is 0.306 e. The maximum atomic E-state index is 12.2. The van der Waals surface area contributed by atoms with Crippen molar-refractivity contribution in [1.82, 2.24) is 0 Å². The fraction of sp³-hybridized carbons (Fsp3) is 0.566. The third kappa shape index (κ3) is 46.8. The number of carbonyl (C=O) groups is 1. The average molecular weight is 785 g/mol. The van der Waals surface area contributed by atoms with Crippen molar-refractivity contribution in [2.24, 2.45) is 0 Å². The Bertz CT molecular complexity index is 1190. The van der Waals surface area contributed by atoms with E-state index in [9.17, 15) is 9.90 Å². The van der Waals surface area contributed by atoms with Crippen LogP contribution in [0, 0.1) is 0 Å². The lowest BCUT2D eigenvalue weighted by molar-refractivity contribution is -0.154. The minimum atomic E-state index is -0.568. The molecule has 320 valence electrons. The normalized spacial score (nSPS) is 13.7. The van der Waals surface area contributed by atoms with Crippen molar-refractivity contribution in [1.29, 1.82) is 0 Å². The number of hydrogen-bond acceptors (Lipinski definition) is 4. The molecule has 0 radical (unpaired) electrons. The van der Waals surface area contributed by atoms with E-state index in [1.807, 2.05) is 0 Å². The molecule has 0 aromatic rings. The van der Waals surface area contributed by atoms with Crippen molar-refractivity contribution in [3.8, 4) is 0 Å². The van der Waals surface area contributed by atoms with Gasteiger partial charge in [-0.2, -0.15) is 0 Å². The molecule has 0 saturated heterocycles. The highest BCUT2D eigenvalue weighted by molar-refractivity contribution is 5.69. The van der Waals surface area contributed by atoms with Crippen LogP contribution in [0.5, 0.6) is 0 Å². The van der Waals surface area contributed by atoms with E-state index in [0.29, 0.717) is 13.0 Å². The number of hydrogen-bond donors (Lipinski definition) is 1. The van der Waals surface area contributed by atoms with Gasteiger partial charge >= 0.3 is 5.97 Å². The fourth-order valence-electron chi connectivity index (χ4n) is 5.65. The predicted molar refractivity (Wildman–Crippen MR) is 250 cm³/mol. The van der Waals surface area contributed by atoms with Crippen molar-refractivity contribution in [2.75, 3.05) is 19.8 Å². The average Bonchev–Trinajstić information content (AvgIpc) is 3.22. The van der Waals surface area contributed by atoms with Gasteiger partial charge in [-0.3, -0.25) is 4.79 Å². The molecule has 1 unspecified atom stereocenters. The molecule has 0 bridgehead atoms. The molecule has 0 amide bonds. The summed E-state index contributed by atoms with van der Waals surface area (Å²) in [5.41, 5.74) is 0. The minimum absolute atomic E-state index is 0.199. The van der Waals surface area contributed by atoms with E-state index in [-0.39, 0.29) is 19.2 Å². The van der Waals surface area contributed by atoms with Gasteiger partial charge in [-0.15, -0.1) is 0 Å². The number of aliphatic hydroxyl groups excluding tert-OH is 1. The van der Waals surface area contributed by atoms with Crippen molar-refractivity contribution in [3.63, 3.8) is 0 Å². The summed E-state index contributed by atoms with van der Waals surface area (Å²) in [4.78, 5) is 12.2. The number of esters is 1. The lowest BCUT2D eigenvalue weighted by atomic mass is 10.1. The van der Waals surface area contributed by atoms with Crippen LogP contribution in [0.2, 0.25) is 0 Å². The molecule has 0 aromatic carbocycles. The number of unbranched alkanes of at least 4 members (excludes halogenated alkanes) is 10. The molecule has 1 atom stereocenters. The van der Waals surface area contributed by atoms with Gasteiger partial charge in [0, 0.05) is 13.0 Å². The molecule has 0 spiro atoms. The second-order valence-electron chi connectivity index (χ2n) is 14.4. The topological polar surface area (TPSA) is 55.8 Å². The molecule has 0 saturated carbocycles. The molecule has 0 aliphatic carbocycles. The minimum Gasteiger partial charge on any atom is -0.457 e. The zero-order valence-corrected chi connectivity index (χ0v) is 36.5. The Morgan fingerprint density at radius 3 is 1.11 bits per heavy atom. The quantitative estimate of drug-likeness (QED) is 0.0382. The molecular formula is C53H84O4. The molecular weight excluding hydrogens is 701 g/mol. The zero-order valence-electron chi connectivity index (χ0n) is 36.5. The third-order valence-electron chi connectivity index (χ3n) is 8.97. The van der Waals surface area contributed by atoms with E-state index in [0.717, 1.165) is 116 Å². The lowest BCUT2D eigenvalue weighted by Crippen LogP contribution is -2.27. The van der Waals surface area contributed by atoms with Crippen LogP contribution < -0.4 is 0 Å². The molecule has 0 aliphatic rings. The van der Waals surface area contributed by atoms with Gasteiger partial charge in [-0.1, -0.05) is 186 Å². The van der Waals surface area contributed by atoms with E-state index in [1.54, 1.807) is 0 Å². The molecule has 0 fully saturated rings. The monoisotopic (exact) mass is 785 g/mol. The first-order valence-corrected chi connectivity index (χ1v) is 22.8. The number of aliphatic hydroxyl groups is 1. The van der Waals surface area contributed by atoms with Crippen molar-refractivity contribution >= 4 is 5.97 Å². The summed E-state index contributed by atoms with van der Waals surface area (Å²) >= 11 is 0. The Hall–Kier alpha value is -3.47. The first kappa shape index (κ1) is 53.5. The van der Waals surface area contributed by atoms with Crippen LogP contribution in [0.1, 0.15) is 168 Å². The molecule has 57 heavy (non-hydrogen) atoms. The molecule has 4 nitrogen and oxygen atoms in total. The molecule has 1 N–H and O–H groups in total. The standard InChI is InChI=1S/C53H84O4/c1-3-5-7-9-11-13-15-17-19-21-23-25-26-27-28-29-30-32-34-36-38-40-42-44-46-48-53(55)57-52(50-54)51-56-49-47-45-43-41-39-37-35-33-31-24-22-20-18-16-14-12-10-8-6-4-2/h5-8,11-14,17-20,23-25,27-28,30-32,35,37,52,54H,3-4,9-10,15-16,21-22,26,29,33-34,36,38-51H2,1-2H3/b7-5-,8-6-,13-11-,14-12-,19-17-,20-18-,25-23-,28-27-,31-24-,32-30-,37-35-. The van der Waals surface area contributed by atoms with Crippen LogP contribution in [-0.2, 0) is 14.3 Å². The van der Waals surface area contributed by atoms with E-state index in [1.165, 1.54) is 32.1 Å². The van der Waals surface area contributed by atoms with Gasteiger partial charge in [-0.25, -0.2) is 0 Å². The summed E-state index contributed by atoms with van der Waals surface area (Å²) in [6, 6.07) is 0. The summed E-state index contributed by atoms with van der Waals surface area (Å²) in [5, 5.41) is 9.62. The Labute approximate surface area is 351 Å². The second kappa shape index (κ2) is 48.7. The van der Waals surface area contributed by atoms with Crippen LogP contribution in [0.4, 0.5) is 0 Å². The molecule has 4 heteroatoms. The highest BCUT2D eigenvalue weighted by Gasteiger charge is 2.13. The first-order chi connectivity index (χ1) is 28.2. The summed E-state index contributed by atoms with van der Waals surface area (Å²) in [6.07, 6.45) is 73.7. The van der Waals surface area contributed by atoms with Crippen molar-refractivity contribution < 1.29 is 19.4 Å². The fourth-order valence-corrected chi connectivity index (χ4v) is 5.65. The highest BCUT2D eigenvalue weighted by Crippen LogP contribution is 2.11. The van der Waals surface area contributed by atoms with Gasteiger partial charge in [0.15, 0.2) is 0 Å². The first-order valence-electron chi connectivity index (χ1n) is 22.8. The molecule has 0 heterocycles. The van der Waals surface area contributed by atoms with Gasteiger partial charge < -0.3 is 14.6 Å². The van der Waals surface area contributed by atoms with E-state index < -0.39 is 6.10 Å². The van der Waals surface area contributed by atoms with E-state index >= 15 is 0 Å². The number of rotatable bonds is 40. The highest BCUT2D eigenvalue weighted by atomic mass is 16.6. The van der Waals surface area contributed by atoms with Crippen LogP contribution >= 0.6 is 0 Å². The SMILES string of the molecule is CC/C=C\C/C=C\C/C=C\C/C=C\C/C=C\C/C=C\CCCCCCCCC(=O)OC(CO)COCCCCCC/C=C\C/C=C\C/C=C\C/C=C\C/C=C\CC. The van der Waals surface area contributed by atoms with Gasteiger partial charge in [0.25, 0.3) is 0 Å². The van der Waals surface area contributed by atoms with Gasteiger partial charge in [0.1, 0.15) is 6.10 Å². The van der Waals surface area contributed by atoms with Crippen LogP contribution in [0.25, 0.3) is 0 Å². The van der Waals surface area contributed by atoms with Crippen LogP contribution in [0.15, 0.2) is 134 Å². The Morgan fingerprint density at radius 1 is 0.421 bits per heavy atom. The number of allylic oxidation sites excluding steroid dienone is 22. The second-order valence-corrected chi connectivity index (χ2v) is 14.4. The van der Waals surface area contributed by atoms with Crippen molar-refractivity contribution in [3.05, 3.63) is 134 Å². The lowest BCUT2D eigenvalue weighted by Gasteiger charge is -2.15.